The Morgan fingerprint density at radius 3 is 2.42 bits per heavy atom. The van der Waals surface area contributed by atoms with Gasteiger partial charge in [-0.05, 0) is 42.3 Å². The first kappa shape index (κ1) is 22.0. The zero-order valence-electron chi connectivity index (χ0n) is 14.8. The molecule has 2 rings (SSSR count). The molecule has 0 bridgehead atoms. The fourth-order valence-corrected chi connectivity index (χ4v) is 2.69. The van der Waals surface area contributed by atoms with Gasteiger partial charge in [-0.15, -0.1) is 0 Å². The Bertz CT molecular complexity index is 782. The van der Waals surface area contributed by atoms with Crippen LogP contribution < -0.4 is 14.8 Å². The van der Waals surface area contributed by atoms with Gasteiger partial charge in [0.25, 0.3) is 0 Å². The Balaban J connectivity index is 0.00000338. The van der Waals surface area contributed by atoms with E-state index in [-0.39, 0.29) is 17.3 Å². The SMILES string of the molecule is CC(CNS(C)(=O)=O)NCc1ccc(OCc2cccc(F)c2)cc1.O. The summed E-state index contributed by atoms with van der Waals surface area (Å²) < 4.78 is 43.3. The maximum atomic E-state index is 13.1. The van der Waals surface area contributed by atoms with Crippen LogP contribution in [0.15, 0.2) is 48.5 Å². The van der Waals surface area contributed by atoms with E-state index in [9.17, 15) is 12.8 Å². The lowest BCUT2D eigenvalue weighted by Crippen LogP contribution is -2.38. The van der Waals surface area contributed by atoms with E-state index in [1.165, 1.54) is 12.1 Å². The van der Waals surface area contributed by atoms with Crippen LogP contribution in [0.2, 0.25) is 0 Å². The molecule has 0 aliphatic rings. The van der Waals surface area contributed by atoms with Crippen molar-refractivity contribution in [2.45, 2.75) is 26.1 Å². The van der Waals surface area contributed by atoms with Crippen LogP contribution in [-0.4, -0.2) is 32.7 Å². The van der Waals surface area contributed by atoms with Crippen LogP contribution in [0.1, 0.15) is 18.1 Å². The molecule has 0 aromatic heterocycles. The average molecular weight is 384 g/mol. The molecule has 144 valence electrons. The number of hydrogen-bond donors (Lipinski definition) is 2. The highest BCUT2D eigenvalue weighted by Crippen LogP contribution is 2.14. The summed E-state index contributed by atoms with van der Waals surface area (Å²) in [5.41, 5.74) is 1.84. The molecule has 2 aromatic carbocycles. The second-order valence-electron chi connectivity index (χ2n) is 5.97. The standard InChI is InChI=1S/C18H23FN2O3S.H2O/c1-14(11-21-25(2,22)23)20-12-15-6-8-18(9-7-15)24-13-16-4-3-5-17(19)10-16;/h3-10,14,20-21H,11-13H2,1-2H3;1H2. The maximum Gasteiger partial charge on any atom is 0.208 e. The van der Waals surface area contributed by atoms with Gasteiger partial charge in [0.05, 0.1) is 6.26 Å². The first-order chi connectivity index (χ1) is 11.8. The molecule has 1 atom stereocenters. The predicted molar refractivity (Wildman–Crippen MR) is 99.9 cm³/mol. The molecule has 0 heterocycles. The molecule has 0 spiro atoms. The van der Waals surface area contributed by atoms with Gasteiger partial charge in [0.2, 0.25) is 10.0 Å². The van der Waals surface area contributed by atoms with Gasteiger partial charge in [0.1, 0.15) is 18.2 Å². The van der Waals surface area contributed by atoms with Crippen molar-refractivity contribution in [1.82, 2.24) is 10.0 Å². The van der Waals surface area contributed by atoms with Crippen molar-refractivity contribution in [2.24, 2.45) is 0 Å². The van der Waals surface area contributed by atoms with Crippen molar-refractivity contribution in [2.75, 3.05) is 12.8 Å². The third-order valence-electron chi connectivity index (χ3n) is 3.52. The van der Waals surface area contributed by atoms with Gasteiger partial charge in [-0.25, -0.2) is 17.5 Å². The smallest absolute Gasteiger partial charge is 0.208 e. The Morgan fingerprint density at radius 1 is 1.12 bits per heavy atom. The fourth-order valence-electron chi connectivity index (χ4n) is 2.14. The van der Waals surface area contributed by atoms with Gasteiger partial charge in [0.15, 0.2) is 0 Å². The molecule has 1 unspecified atom stereocenters. The van der Waals surface area contributed by atoms with E-state index in [0.29, 0.717) is 25.4 Å². The molecule has 26 heavy (non-hydrogen) atoms. The number of hydrogen-bond acceptors (Lipinski definition) is 4. The first-order valence-corrected chi connectivity index (χ1v) is 9.85. The van der Waals surface area contributed by atoms with Crippen LogP contribution >= 0.6 is 0 Å². The molecule has 8 heteroatoms. The molecule has 0 amide bonds. The van der Waals surface area contributed by atoms with Crippen molar-refractivity contribution in [3.63, 3.8) is 0 Å². The molecular formula is C18H25FN2O4S. The van der Waals surface area contributed by atoms with Gasteiger partial charge in [-0.3, -0.25) is 0 Å². The third kappa shape index (κ3) is 8.39. The van der Waals surface area contributed by atoms with E-state index >= 15 is 0 Å². The Morgan fingerprint density at radius 2 is 1.81 bits per heavy atom. The number of sulfonamides is 1. The van der Waals surface area contributed by atoms with E-state index in [2.05, 4.69) is 10.0 Å². The summed E-state index contributed by atoms with van der Waals surface area (Å²) in [4.78, 5) is 0. The van der Waals surface area contributed by atoms with Crippen molar-refractivity contribution in [3.05, 3.63) is 65.5 Å². The molecule has 2 aromatic rings. The van der Waals surface area contributed by atoms with Crippen LogP contribution in [0.5, 0.6) is 5.75 Å². The summed E-state index contributed by atoms with van der Waals surface area (Å²) >= 11 is 0. The minimum absolute atomic E-state index is 0. The largest absolute Gasteiger partial charge is 0.489 e. The zero-order valence-corrected chi connectivity index (χ0v) is 15.6. The molecule has 0 saturated heterocycles. The molecular weight excluding hydrogens is 359 g/mol. The van der Waals surface area contributed by atoms with E-state index in [4.69, 9.17) is 4.74 Å². The van der Waals surface area contributed by atoms with Gasteiger partial charge in [-0.1, -0.05) is 24.3 Å². The molecule has 0 radical (unpaired) electrons. The molecule has 0 aliphatic heterocycles. The summed E-state index contributed by atoms with van der Waals surface area (Å²) in [5, 5.41) is 3.25. The number of rotatable bonds is 9. The van der Waals surface area contributed by atoms with Crippen LogP contribution in [0, 0.1) is 5.82 Å². The van der Waals surface area contributed by atoms with Crippen molar-refractivity contribution >= 4 is 10.0 Å². The second-order valence-corrected chi connectivity index (χ2v) is 7.80. The normalized spacial score (nSPS) is 12.3. The van der Waals surface area contributed by atoms with Crippen LogP contribution in [0.25, 0.3) is 0 Å². The summed E-state index contributed by atoms with van der Waals surface area (Å²) in [6.45, 7) is 3.18. The number of halogens is 1. The summed E-state index contributed by atoms with van der Waals surface area (Å²) in [6.07, 6.45) is 1.14. The Hall–Kier alpha value is -2.00. The molecule has 0 fully saturated rings. The van der Waals surface area contributed by atoms with Gasteiger partial charge < -0.3 is 15.5 Å². The topological polar surface area (TPSA) is 98.9 Å². The summed E-state index contributed by atoms with van der Waals surface area (Å²) in [5.74, 6) is 0.432. The monoisotopic (exact) mass is 384 g/mol. The zero-order chi connectivity index (χ0) is 18.3. The van der Waals surface area contributed by atoms with Crippen LogP contribution in [-0.2, 0) is 23.2 Å². The van der Waals surface area contributed by atoms with Gasteiger partial charge in [-0.2, -0.15) is 0 Å². The molecule has 0 aliphatic carbocycles. The Labute approximate surface area is 153 Å². The highest BCUT2D eigenvalue weighted by atomic mass is 32.2. The highest BCUT2D eigenvalue weighted by molar-refractivity contribution is 7.88. The molecule has 0 saturated carbocycles. The highest BCUT2D eigenvalue weighted by Gasteiger charge is 2.06. The fraction of sp³-hybridized carbons (Fsp3) is 0.333. The average Bonchev–Trinajstić information content (AvgIpc) is 2.57. The summed E-state index contributed by atoms with van der Waals surface area (Å²) in [6, 6.07) is 13.9. The number of ether oxygens (including phenoxy) is 1. The van der Waals surface area contributed by atoms with Crippen molar-refractivity contribution in [1.29, 1.82) is 0 Å². The minimum Gasteiger partial charge on any atom is -0.489 e. The van der Waals surface area contributed by atoms with Gasteiger partial charge >= 0.3 is 0 Å². The van der Waals surface area contributed by atoms with Crippen LogP contribution in [0.4, 0.5) is 4.39 Å². The number of benzene rings is 2. The van der Waals surface area contributed by atoms with Gasteiger partial charge in [0, 0.05) is 19.1 Å². The predicted octanol–water partition coefficient (Wildman–Crippen LogP) is 1.61. The van der Waals surface area contributed by atoms with Crippen LogP contribution in [0.3, 0.4) is 0 Å². The maximum absolute atomic E-state index is 13.1. The molecule has 6 nitrogen and oxygen atoms in total. The number of nitrogens with one attached hydrogen (secondary N) is 2. The lowest BCUT2D eigenvalue weighted by molar-refractivity contribution is 0.305. The quantitative estimate of drug-likeness (QED) is 0.686. The summed E-state index contributed by atoms with van der Waals surface area (Å²) in [7, 11) is -3.17. The van der Waals surface area contributed by atoms with E-state index in [1.54, 1.807) is 6.07 Å². The van der Waals surface area contributed by atoms with Crippen molar-refractivity contribution in [3.8, 4) is 5.75 Å². The molecule has 4 N–H and O–H groups in total. The second kappa shape index (κ2) is 10.2. The third-order valence-corrected chi connectivity index (χ3v) is 4.22. The lowest BCUT2D eigenvalue weighted by atomic mass is 10.2. The minimum atomic E-state index is -3.17. The lowest BCUT2D eigenvalue weighted by Gasteiger charge is -2.14. The van der Waals surface area contributed by atoms with E-state index in [1.807, 2.05) is 37.3 Å². The van der Waals surface area contributed by atoms with Crippen molar-refractivity contribution < 1.29 is 23.0 Å². The first-order valence-electron chi connectivity index (χ1n) is 7.96. The van der Waals surface area contributed by atoms with E-state index < -0.39 is 10.0 Å². The van der Waals surface area contributed by atoms with E-state index in [0.717, 1.165) is 17.4 Å². The Kier molecular flexibility index (Phi) is 8.67.